The van der Waals surface area contributed by atoms with Crippen molar-refractivity contribution in [2.45, 2.75) is 19.4 Å². The summed E-state index contributed by atoms with van der Waals surface area (Å²) in [6.45, 7) is 6.60. The Morgan fingerprint density at radius 1 is 1.60 bits per heavy atom. The van der Waals surface area contributed by atoms with E-state index < -0.39 is 17.6 Å². The maximum absolute atomic E-state index is 11.1. The molecule has 0 aromatic rings. The Labute approximate surface area is 88.1 Å². The van der Waals surface area contributed by atoms with Gasteiger partial charge in [-0.2, -0.15) is 0 Å². The lowest BCUT2D eigenvalue weighted by atomic mass is 10.1. The molecule has 0 radical (unpaired) electrons. The van der Waals surface area contributed by atoms with Crippen LogP contribution in [0.25, 0.3) is 0 Å². The van der Waals surface area contributed by atoms with Gasteiger partial charge >= 0.3 is 12.1 Å². The van der Waals surface area contributed by atoms with Gasteiger partial charge in [0.25, 0.3) is 0 Å². The summed E-state index contributed by atoms with van der Waals surface area (Å²) in [5.41, 5.74) is -0.948. The van der Waals surface area contributed by atoms with Gasteiger partial charge in [0.15, 0.2) is 0 Å². The summed E-state index contributed by atoms with van der Waals surface area (Å²) in [4.78, 5) is 21.2. The van der Waals surface area contributed by atoms with E-state index in [9.17, 15) is 9.59 Å². The quantitative estimate of drug-likeness (QED) is 0.534. The van der Waals surface area contributed by atoms with Gasteiger partial charge in [-0.3, -0.25) is 0 Å². The van der Waals surface area contributed by atoms with Gasteiger partial charge in [0.2, 0.25) is 0 Å². The molecule has 0 fully saturated rings. The van der Waals surface area contributed by atoms with Gasteiger partial charge in [0, 0.05) is 5.92 Å². The molecule has 5 heteroatoms. The van der Waals surface area contributed by atoms with Crippen molar-refractivity contribution < 1.29 is 19.4 Å². The first-order chi connectivity index (χ1) is 6.87. The van der Waals surface area contributed by atoms with Crippen LogP contribution in [0, 0.1) is 11.8 Å². The Morgan fingerprint density at radius 2 is 2.20 bits per heavy atom. The number of carbonyl (C=O) groups is 2. The van der Waals surface area contributed by atoms with E-state index in [4.69, 9.17) is 5.11 Å². The van der Waals surface area contributed by atoms with E-state index >= 15 is 0 Å². The number of nitrogens with one attached hydrogen (secondary N) is 1. The zero-order chi connectivity index (χ0) is 11.9. The van der Waals surface area contributed by atoms with Crippen LogP contribution < -0.4 is 5.32 Å². The fourth-order valence-electron chi connectivity index (χ4n) is 0.667. The topological polar surface area (TPSA) is 75.6 Å². The molecule has 0 aliphatic carbocycles. The minimum atomic E-state index is -1.25. The minimum absolute atomic E-state index is 0.0915. The third-order valence-corrected chi connectivity index (χ3v) is 1.23. The summed E-state index contributed by atoms with van der Waals surface area (Å²) in [7, 11) is 0. The van der Waals surface area contributed by atoms with Crippen molar-refractivity contribution in [2.75, 3.05) is 6.61 Å². The van der Waals surface area contributed by atoms with Gasteiger partial charge in [-0.15, -0.1) is 0 Å². The average Bonchev–Trinajstić information content (AvgIpc) is 2.11. The summed E-state index contributed by atoms with van der Waals surface area (Å²) < 4.78 is 4.65. The summed E-state index contributed by atoms with van der Waals surface area (Å²) >= 11 is 0. The molecule has 0 saturated heterocycles. The molecule has 0 aromatic heterocycles. The molecule has 0 aliphatic heterocycles. The third kappa shape index (κ3) is 7.14. The Morgan fingerprint density at radius 3 is 2.67 bits per heavy atom. The smallest absolute Gasteiger partial charge is 0.408 e. The third-order valence-electron chi connectivity index (χ3n) is 1.23. The number of aliphatic carboxylic acids is 1. The Hall–Kier alpha value is -1.96. The van der Waals surface area contributed by atoms with E-state index in [0.29, 0.717) is 0 Å². The number of carbonyl (C=O) groups excluding carboxylic acids is 1. The minimum Gasteiger partial charge on any atom is -0.472 e. The molecule has 2 N–H and O–H groups in total. The van der Waals surface area contributed by atoms with E-state index in [2.05, 4.69) is 22.6 Å². The summed E-state index contributed by atoms with van der Waals surface area (Å²) in [5.74, 6) is 3.06. The molecular formula is C10H13NO4. The molecule has 0 aromatic carbocycles. The molecule has 82 valence electrons. The summed E-state index contributed by atoms with van der Waals surface area (Å²) in [5, 5.41) is 10.7. The second kappa shape index (κ2) is 5.70. The van der Waals surface area contributed by atoms with Gasteiger partial charge in [0.05, 0.1) is 5.54 Å². The van der Waals surface area contributed by atoms with E-state index in [1.54, 1.807) is 13.8 Å². The lowest BCUT2D eigenvalue weighted by molar-refractivity contribution is -0.130. The maximum atomic E-state index is 11.1. The fraction of sp³-hybridized carbons (Fsp3) is 0.400. The van der Waals surface area contributed by atoms with Crippen LogP contribution in [0.1, 0.15) is 13.8 Å². The normalized spacial score (nSPS) is 9.47. The largest absolute Gasteiger partial charge is 0.472 e. The monoisotopic (exact) mass is 211 g/mol. The number of carboxylic acid groups (broad SMARTS) is 1. The lowest BCUT2D eigenvalue weighted by Gasteiger charge is -2.18. The molecule has 0 saturated carbocycles. The highest BCUT2D eigenvalue weighted by Crippen LogP contribution is 1.99. The van der Waals surface area contributed by atoms with Crippen LogP contribution in [0.5, 0.6) is 0 Å². The molecule has 0 bridgehead atoms. The predicted molar refractivity (Wildman–Crippen MR) is 54.2 cm³/mol. The second-order valence-corrected chi connectivity index (χ2v) is 3.19. The van der Waals surface area contributed by atoms with E-state index in [-0.39, 0.29) is 6.61 Å². The number of amides is 1. The van der Waals surface area contributed by atoms with Gasteiger partial charge < -0.3 is 15.2 Å². The summed E-state index contributed by atoms with van der Waals surface area (Å²) in [6, 6.07) is 0. The first-order valence-corrected chi connectivity index (χ1v) is 4.19. The number of alkyl carbamates (subject to hydrolysis) is 1. The van der Waals surface area contributed by atoms with Crippen molar-refractivity contribution in [2.24, 2.45) is 0 Å². The number of ether oxygens (including phenoxy) is 1. The van der Waals surface area contributed by atoms with Gasteiger partial charge in [-0.1, -0.05) is 18.6 Å². The zero-order valence-corrected chi connectivity index (χ0v) is 8.66. The highest BCUT2D eigenvalue weighted by molar-refractivity contribution is 5.86. The van der Waals surface area contributed by atoms with Gasteiger partial charge in [-0.05, 0) is 13.8 Å². The zero-order valence-electron chi connectivity index (χ0n) is 8.66. The number of hydrogen-bond acceptors (Lipinski definition) is 3. The SMILES string of the molecule is C=CCOC(=O)NC(C)(C)C#CC(=O)O. The number of rotatable bonds is 3. The van der Waals surface area contributed by atoms with Crippen molar-refractivity contribution in [3.8, 4) is 11.8 Å². The van der Waals surface area contributed by atoms with Crippen LogP contribution in [-0.2, 0) is 9.53 Å². The van der Waals surface area contributed by atoms with Crippen molar-refractivity contribution in [1.29, 1.82) is 0 Å². The Balaban J connectivity index is 4.26. The second-order valence-electron chi connectivity index (χ2n) is 3.19. The number of hydrogen-bond donors (Lipinski definition) is 2. The van der Waals surface area contributed by atoms with Crippen LogP contribution in [-0.4, -0.2) is 29.3 Å². The molecule has 0 rings (SSSR count). The van der Waals surface area contributed by atoms with E-state index in [1.807, 2.05) is 5.92 Å². The highest BCUT2D eigenvalue weighted by atomic mass is 16.5. The van der Waals surface area contributed by atoms with Crippen molar-refractivity contribution in [1.82, 2.24) is 5.32 Å². The molecule has 0 heterocycles. The molecule has 0 atom stereocenters. The van der Waals surface area contributed by atoms with Crippen LogP contribution in [0.3, 0.4) is 0 Å². The van der Waals surface area contributed by atoms with Crippen molar-refractivity contribution in [3.63, 3.8) is 0 Å². The fourth-order valence-corrected chi connectivity index (χ4v) is 0.667. The Kier molecular flexibility index (Phi) is 4.96. The van der Waals surface area contributed by atoms with Crippen LogP contribution in [0.15, 0.2) is 12.7 Å². The van der Waals surface area contributed by atoms with E-state index in [0.717, 1.165) is 0 Å². The molecule has 0 spiro atoms. The predicted octanol–water partition coefficient (Wildman–Crippen LogP) is 0.765. The highest BCUT2D eigenvalue weighted by Gasteiger charge is 2.18. The molecule has 0 unspecified atom stereocenters. The average molecular weight is 211 g/mol. The standard InChI is InChI=1S/C10H13NO4/c1-4-7-15-9(14)11-10(2,3)6-5-8(12)13/h4H,1,7H2,2-3H3,(H,11,14)(H,12,13). The van der Waals surface area contributed by atoms with Crippen LogP contribution in [0.4, 0.5) is 4.79 Å². The van der Waals surface area contributed by atoms with Crippen LogP contribution in [0.2, 0.25) is 0 Å². The Bertz CT molecular complexity index is 322. The molecule has 1 amide bonds. The first-order valence-electron chi connectivity index (χ1n) is 4.19. The molecule has 15 heavy (non-hydrogen) atoms. The van der Waals surface area contributed by atoms with Gasteiger partial charge in [-0.25, -0.2) is 9.59 Å². The summed E-state index contributed by atoms with van der Waals surface area (Å²) in [6.07, 6.45) is 0.759. The van der Waals surface area contributed by atoms with Crippen molar-refractivity contribution >= 4 is 12.1 Å². The lowest BCUT2D eigenvalue weighted by Crippen LogP contribution is -2.42. The van der Waals surface area contributed by atoms with Gasteiger partial charge in [0.1, 0.15) is 6.61 Å². The van der Waals surface area contributed by atoms with E-state index in [1.165, 1.54) is 6.08 Å². The van der Waals surface area contributed by atoms with Crippen LogP contribution >= 0.6 is 0 Å². The molecule has 0 aliphatic rings. The maximum Gasteiger partial charge on any atom is 0.408 e. The first kappa shape index (κ1) is 13.0. The number of carboxylic acids is 1. The molecule has 5 nitrogen and oxygen atoms in total. The molecular weight excluding hydrogens is 198 g/mol. The van der Waals surface area contributed by atoms with Crippen molar-refractivity contribution in [3.05, 3.63) is 12.7 Å².